The van der Waals surface area contributed by atoms with Gasteiger partial charge in [0.05, 0.1) is 9.85 Å². The minimum atomic E-state index is -0.465. The molecule has 0 heterocycles. The van der Waals surface area contributed by atoms with E-state index in [0.29, 0.717) is 5.02 Å². The summed E-state index contributed by atoms with van der Waals surface area (Å²) in [5.74, 6) is -0.916. The fraction of sp³-hybridized carbons (Fsp3) is 0.0769. The maximum absolute atomic E-state index is 13.7. The molecule has 94 valence electrons. The molecule has 1 atom stereocenters. The van der Waals surface area contributed by atoms with E-state index in [9.17, 15) is 8.78 Å². The molecule has 0 aliphatic carbocycles. The van der Waals surface area contributed by atoms with E-state index in [0.717, 1.165) is 21.3 Å². The number of halogens is 5. The maximum Gasteiger partial charge on any atom is 0.128 e. The summed E-state index contributed by atoms with van der Waals surface area (Å²) in [6, 6.07) is 8.81. The van der Waals surface area contributed by atoms with Crippen molar-refractivity contribution in [1.82, 2.24) is 0 Å². The van der Waals surface area contributed by atoms with Crippen LogP contribution in [-0.2, 0) is 0 Å². The molecule has 0 N–H and O–H groups in total. The van der Waals surface area contributed by atoms with E-state index in [1.807, 2.05) is 12.1 Å². The van der Waals surface area contributed by atoms with Crippen LogP contribution < -0.4 is 0 Å². The summed E-state index contributed by atoms with van der Waals surface area (Å²) in [5, 5.41) is 0.592. The molecule has 0 spiro atoms. The molecule has 0 saturated carbocycles. The molecule has 0 bridgehead atoms. The highest BCUT2D eigenvalue weighted by Crippen LogP contribution is 2.34. The second kappa shape index (κ2) is 5.84. The van der Waals surface area contributed by atoms with E-state index >= 15 is 0 Å². The van der Waals surface area contributed by atoms with E-state index in [2.05, 4.69) is 38.5 Å². The molecule has 18 heavy (non-hydrogen) atoms. The third-order valence-corrected chi connectivity index (χ3v) is 5.06. The summed E-state index contributed by atoms with van der Waals surface area (Å²) in [4.78, 5) is -0.428. The van der Waals surface area contributed by atoms with Gasteiger partial charge in [0.25, 0.3) is 0 Å². The maximum atomic E-state index is 13.7. The van der Waals surface area contributed by atoms with Gasteiger partial charge in [0.15, 0.2) is 0 Å². The van der Waals surface area contributed by atoms with Gasteiger partial charge >= 0.3 is 0 Å². The van der Waals surface area contributed by atoms with Gasteiger partial charge in [-0.3, -0.25) is 0 Å². The summed E-state index contributed by atoms with van der Waals surface area (Å²) in [6.45, 7) is 0. The van der Waals surface area contributed by atoms with Gasteiger partial charge < -0.3 is 0 Å². The van der Waals surface area contributed by atoms with E-state index < -0.39 is 16.5 Å². The van der Waals surface area contributed by atoms with Gasteiger partial charge in [-0.1, -0.05) is 33.6 Å². The van der Waals surface area contributed by atoms with Crippen molar-refractivity contribution >= 4 is 50.1 Å². The van der Waals surface area contributed by atoms with Crippen LogP contribution in [0.15, 0.2) is 36.4 Å². The highest BCUT2D eigenvalue weighted by Gasteiger charge is 2.16. The lowest BCUT2D eigenvalue weighted by Crippen LogP contribution is -1.98. The number of hydrogen-bond donors (Lipinski definition) is 0. The average Bonchev–Trinajstić information content (AvgIpc) is 2.35. The highest BCUT2D eigenvalue weighted by molar-refractivity contribution is 14.1. The van der Waals surface area contributed by atoms with Crippen molar-refractivity contribution in [2.45, 2.75) is 4.83 Å². The van der Waals surface area contributed by atoms with Gasteiger partial charge in [-0.05, 0) is 58.5 Å². The van der Waals surface area contributed by atoms with Gasteiger partial charge in [0.1, 0.15) is 11.6 Å². The molecular formula is C13H7BrClF2I. The number of benzene rings is 2. The van der Waals surface area contributed by atoms with Crippen molar-refractivity contribution in [2.24, 2.45) is 0 Å². The summed E-state index contributed by atoms with van der Waals surface area (Å²) in [5.41, 5.74) is 1.04. The van der Waals surface area contributed by atoms with Crippen LogP contribution in [0.4, 0.5) is 8.78 Å². The van der Waals surface area contributed by atoms with Crippen LogP contribution in [0, 0.1) is 15.2 Å². The zero-order chi connectivity index (χ0) is 13.3. The summed E-state index contributed by atoms with van der Waals surface area (Å²) in [6.07, 6.45) is 0. The van der Waals surface area contributed by atoms with Crippen LogP contribution in [0.2, 0.25) is 5.02 Å². The Morgan fingerprint density at radius 1 is 1.11 bits per heavy atom. The minimum Gasteiger partial charge on any atom is -0.207 e. The zero-order valence-electron chi connectivity index (χ0n) is 8.93. The summed E-state index contributed by atoms with van der Waals surface area (Å²) >= 11 is 11.5. The molecule has 2 aromatic carbocycles. The number of alkyl halides is 1. The van der Waals surface area contributed by atoms with Crippen LogP contribution >= 0.6 is 50.1 Å². The molecule has 2 rings (SSSR count). The fourth-order valence-corrected chi connectivity index (χ4v) is 2.72. The predicted molar refractivity (Wildman–Crippen MR) is 81.3 cm³/mol. The van der Waals surface area contributed by atoms with Crippen molar-refractivity contribution in [1.29, 1.82) is 0 Å². The normalized spacial score (nSPS) is 12.5. The van der Waals surface area contributed by atoms with E-state index in [1.165, 1.54) is 6.07 Å². The van der Waals surface area contributed by atoms with Gasteiger partial charge in [-0.2, -0.15) is 0 Å². The smallest absolute Gasteiger partial charge is 0.128 e. The lowest BCUT2D eigenvalue weighted by Gasteiger charge is -2.12. The molecule has 0 aromatic heterocycles. The fourth-order valence-electron chi connectivity index (χ4n) is 1.56. The van der Waals surface area contributed by atoms with Gasteiger partial charge in [-0.25, -0.2) is 8.78 Å². The first kappa shape index (κ1) is 14.2. The molecular weight excluding hydrogens is 436 g/mol. The SMILES string of the molecule is Fc1ccc(F)c(C(Br)c2ccc(I)c(Cl)c2)c1. The second-order valence-electron chi connectivity index (χ2n) is 3.70. The lowest BCUT2D eigenvalue weighted by atomic mass is 10.0. The van der Waals surface area contributed by atoms with Crippen molar-refractivity contribution in [2.75, 3.05) is 0 Å². The topological polar surface area (TPSA) is 0 Å². The van der Waals surface area contributed by atoms with E-state index in [1.54, 1.807) is 6.07 Å². The molecule has 5 heteroatoms. The Hall–Kier alpha value is -0.200. The molecule has 2 aromatic rings. The lowest BCUT2D eigenvalue weighted by molar-refractivity contribution is 0.588. The van der Waals surface area contributed by atoms with Crippen molar-refractivity contribution in [3.05, 3.63) is 67.8 Å². The Morgan fingerprint density at radius 2 is 1.83 bits per heavy atom. The van der Waals surface area contributed by atoms with Crippen LogP contribution in [0.1, 0.15) is 16.0 Å². The van der Waals surface area contributed by atoms with Crippen LogP contribution in [0.25, 0.3) is 0 Å². The first-order valence-electron chi connectivity index (χ1n) is 5.03. The molecule has 0 fully saturated rings. The molecule has 1 unspecified atom stereocenters. The zero-order valence-corrected chi connectivity index (χ0v) is 13.4. The number of rotatable bonds is 2. The molecule has 0 aliphatic heterocycles. The third kappa shape index (κ3) is 3.03. The predicted octanol–water partition coefficient (Wildman–Crippen LogP) is 5.71. The molecule has 0 aliphatic rings. The quantitative estimate of drug-likeness (QED) is 0.412. The molecule has 0 radical (unpaired) electrons. The number of hydrogen-bond acceptors (Lipinski definition) is 0. The van der Waals surface area contributed by atoms with Crippen LogP contribution in [-0.4, -0.2) is 0 Å². The Balaban J connectivity index is 2.44. The minimum absolute atomic E-state index is 0.257. The van der Waals surface area contributed by atoms with E-state index in [4.69, 9.17) is 11.6 Å². The van der Waals surface area contributed by atoms with Gasteiger partial charge in [-0.15, -0.1) is 0 Å². The molecule has 0 saturated heterocycles. The first-order valence-corrected chi connectivity index (χ1v) is 7.40. The Bertz CT molecular complexity index is 589. The highest BCUT2D eigenvalue weighted by atomic mass is 127. The van der Waals surface area contributed by atoms with Crippen molar-refractivity contribution in [3.8, 4) is 0 Å². The standard InChI is InChI=1S/C13H7BrClF2I/c14-13(7-1-4-12(18)10(15)5-7)9-6-8(16)2-3-11(9)17/h1-6,13H. The summed E-state index contributed by atoms with van der Waals surface area (Å²) < 4.78 is 27.7. The van der Waals surface area contributed by atoms with Crippen LogP contribution in [0.3, 0.4) is 0 Å². The van der Waals surface area contributed by atoms with Crippen LogP contribution in [0.5, 0.6) is 0 Å². The van der Waals surface area contributed by atoms with Crippen molar-refractivity contribution < 1.29 is 8.78 Å². The van der Waals surface area contributed by atoms with Gasteiger partial charge in [0.2, 0.25) is 0 Å². The Kier molecular flexibility index (Phi) is 4.61. The third-order valence-electron chi connectivity index (χ3n) is 2.47. The molecule has 0 nitrogen and oxygen atoms in total. The second-order valence-corrected chi connectivity index (χ2v) is 6.19. The Labute approximate surface area is 131 Å². The average molecular weight is 443 g/mol. The first-order chi connectivity index (χ1) is 8.49. The van der Waals surface area contributed by atoms with Gasteiger partial charge in [0, 0.05) is 9.13 Å². The summed E-state index contributed by atoms with van der Waals surface area (Å²) in [7, 11) is 0. The Morgan fingerprint density at radius 3 is 2.50 bits per heavy atom. The van der Waals surface area contributed by atoms with Crippen molar-refractivity contribution in [3.63, 3.8) is 0 Å². The largest absolute Gasteiger partial charge is 0.207 e. The monoisotopic (exact) mass is 442 g/mol. The van der Waals surface area contributed by atoms with E-state index in [-0.39, 0.29) is 5.56 Å². The molecule has 0 amide bonds.